The van der Waals surface area contributed by atoms with E-state index in [1.165, 1.54) is 0 Å². The molecule has 1 N–H and O–H groups in total. The second-order valence-corrected chi connectivity index (χ2v) is 7.32. The Hall–Kier alpha value is -0.830. The lowest BCUT2D eigenvalue weighted by Gasteiger charge is -2.31. The first-order valence-corrected chi connectivity index (χ1v) is 8.60. The summed E-state index contributed by atoms with van der Waals surface area (Å²) in [6, 6.07) is 1.40. The first-order valence-electron chi connectivity index (χ1n) is 7.16. The van der Waals surface area contributed by atoms with E-state index in [9.17, 15) is 21.6 Å². The van der Waals surface area contributed by atoms with Gasteiger partial charge < -0.3 is 5.32 Å². The first kappa shape index (κ1) is 20.2. The number of rotatable bonds is 5. The summed E-state index contributed by atoms with van der Waals surface area (Å²) in [5.74, 6) is -4.40. The van der Waals surface area contributed by atoms with E-state index in [1.807, 2.05) is 7.05 Å². The second-order valence-electron chi connectivity index (χ2n) is 5.41. The Bertz CT molecular complexity index is 635. The van der Waals surface area contributed by atoms with Crippen LogP contribution in [0, 0.1) is 23.4 Å². The predicted molar refractivity (Wildman–Crippen MR) is 83.6 cm³/mol. The normalized spacial score (nSPS) is 17.0. The summed E-state index contributed by atoms with van der Waals surface area (Å²) in [6.45, 7) is 1.37. The minimum atomic E-state index is -4.14. The molecule has 2 rings (SSSR count). The van der Waals surface area contributed by atoms with Crippen molar-refractivity contribution < 1.29 is 21.6 Å². The van der Waals surface area contributed by atoms with Gasteiger partial charge in [-0.1, -0.05) is 0 Å². The summed E-state index contributed by atoms with van der Waals surface area (Å²) >= 11 is 0. The molecule has 1 aromatic carbocycles. The molecule has 1 aliphatic rings. The summed E-state index contributed by atoms with van der Waals surface area (Å²) in [7, 11) is -2.29. The average Bonchev–Trinajstić information content (AvgIpc) is 2.51. The molecule has 1 heterocycles. The number of sulfonamides is 1. The van der Waals surface area contributed by atoms with Crippen molar-refractivity contribution in [3.8, 4) is 0 Å². The highest BCUT2D eigenvalue weighted by Crippen LogP contribution is 2.28. The van der Waals surface area contributed by atoms with Crippen LogP contribution < -0.4 is 5.32 Å². The van der Waals surface area contributed by atoms with Crippen molar-refractivity contribution in [2.45, 2.75) is 24.2 Å². The Morgan fingerprint density at radius 2 is 1.78 bits per heavy atom. The van der Waals surface area contributed by atoms with Crippen LogP contribution in [0.5, 0.6) is 0 Å². The lowest BCUT2D eigenvalue weighted by Crippen LogP contribution is -2.39. The quantitative estimate of drug-likeness (QED) is 0.808. The van der Waals surface area contributed by atoms with Crippen molar-refractivity contribution in [3.05, 3.63) is 29.6 Å². The van der Waals surface area contributed by atoms with Crippen LogP contribution in [0.2, 0.25) is 0 Å². The number of nitrogens with one attached hydrogen (secondary N) is 1. The highest BCUT2D eigenvalue weighted by atomic mass is 35.5. The van der Waals surface area contributed by atoms with Gasteiger partial charge in [-0.3, -0.25) is 0 Å². The SMILES string of the molecule is CNCCC1CCN(S(=O)(=O)c2ccc(F)c(F)c2F)CC1.Cl. The molecule has 132 valence electrons. The van der Waals surface area contributed by atoms with Crippen LogP contribution in [0.15, 0.2) is 17.0 Å². The number of piperidine rings is 1. The molecular formula is C14H20ClF3N2O2S. The molecule has 0 radical (unpaired) electrons. The molecule has 23 heavy (non-hydrogen) atoms. The molecule has 1 aromatic rings. The van der Waals surface area contributed by atoms with Gasteiger partial charge in [-0.05, 0) is 50.9 Å². The van der Waals surface area contributed by atoms with Crippen molar-refractivity contribution in [3.63, 3.8) is 0 Å². The second kappa shape index (κ2) is 8.32. The van der Waals surface area contributed by atoms with Crippen LogP contribution in [-0.4, -0.2) is 39.4 Å². The molecule has 1 fully saturated rings. The van der Waals surface area contributed by atoms with Gasteiger partial charge in [-0.25, -0.2) is 21.6 Å². The maximum Gasteiger partial charge on any atom is 0.246 e. The molecule has 4 nitrogen and oxygen atoms in total. The van der Waals surface area contributed by atoms with E-state index < -0.39 is 32.4 Å². The number of hydrogen-bond donors (Lipinski definition) is 1. The van der Waals surface area contributed by atoms with Crippen LogP contribution in [0.4, 0.5) is 13.2 Å². The van der Waals surface area contributed by atoms with E-state index in [0.717, 1.165) is 23.3 Å². The summed E-state index contributed by atoms with van der Waals surface area (Å²) in [5, 5.41) is 3.04. The fourth-order valence-corrected chi connectivity index (χ4v) is 4.16. The van der Waals surface area contributed by atoms with E-state index in [0.29, 0.717) is 24.8 Å². The van der Waals surface area contributed by atoms with Gasteiger partial charge >= 0.3 is 0 Å². The molecule has 0 aromatic heterocycles. The molecule has 0 spiro atoms. The van der Waals surface area contributed by atoms with Gasteiger partial charge in [-0.2, -0.15) is 4.31 Å². The fourth-order valence-electron chi connectivity index (χ4n) is 2.63. The van der Waals surface area contributed by atoms with Gasteiger partial charge in [0, 0.05) is 13.1 Å². The van der Waals surface area contributed by atoms with Gasteiger partial charge in [0.05, 0.1) is 0 Å². The van der Waals surface area contributed by atoms with E-state index in [2.05, 4.69) is 5.32 Å². The Kier molecular flexibility index (Phi) is 7.31. The van der Waals surface area contributed by atoms with Gasteiger partial charge in [0.1, 0.15) is 4.90 Å². The highest BCUT2D eigenvalue weighted by Gasteiger charge is 2.32. The summed E-state index contributed by atoms with van der Waals surface area (Å²) in [4.78, 5) is -0.805. The van der Waals surface area contributed by atoms with Gasteiger partial charge in [0.15, 0.2) is 17.5 Å². The molecule has 0 saturated carbocycles. The standard InChI is InChI=1S/C14H19F3N2O2S.ClH/c1-18-7-4-10-5-8-19(9-6-10)22(20,21)12-3-2-11(15)13(16)14(12)17;/h2-3,10,18H,4-9H2,1H3;1H. The van der Waals surface area contributed by atoms with E-state index >= 15 is 0 Å². The van der Waals surface area contributed by atoms with Crippen LogP contribution in [0.25, 0.3) is 0 Å². The van der Waals surface area contributed by atoms with Crippen molar-refractivity contribution >= 4 is 22.4 Å². The third-order valence-electron chi connectivity index (χ3n) is 3.99. The summed E-state index contributed by atoms with van der Waals surface area (Å²) < 4.78 is 65.8. The largest absolute Gasteiger partial charge is 0.320 e. The molecule has 0 aliphatic carbocycles. The molecular weight excluding hydrogens is 353 g/mol. The van der Waals surface area contributed by atoms with Crippen molar-refractivity contribution in [1.29, 1.82) is 0 Å². The topological polar surface area (TPSA) is 49.4 Å². The van der Waals surface area contributed by atoms with E-state index in [4.69, 9.17) is 0 Å². The number of halogens is 4. The summed E-state index contributed by atoms with van der Waals surface area (Å²) in [5.41, 5.74) is 0. The third-order valence-corrected chi connectivity index (χ3v) is 5.91. The lowest BCUT2D eigenvalue weighted by atomic mass is 9.95. The van der Waals surface area contributed by atoms with Crippen LogP contribution in [0.3, 0.4) is 0 Å². The van der Waals surface area contributed by atoms with Gasteiger partial charge in [-0.15, -0.1) is 12.4 Å². The number of hydrogen-bond acceptors (Lipinski definition) is 3. The minimum absolute atomic E-state index is 0. The van der Waals surface area contributed by atoms with Crippen LogP contribution in [-0.2, 0) is 10.0 Å². The van der Waals surface area contributed by atoms with Crippen molar-refractivity contribution in [1.82, 2.24) is 9.62 Å². The van der Waals surface area contributed by atoms with Crippen LogP contribution in [0.1, 0.15) is 19.3 Å². The number of benzene rings is 1. The Labute approximate surface area is 140 Å². The average molecular weight is 373 g/mol. The zero-order valence-corrected chi connectivity index (χ0v) is 14.3. The zero-order chi connectivity index (χ0) is 16.3. The molecule has 1 saturated heterocycles. The fraction of sp³-hybridized carbons (Fsp3) is 0.571. The smallest absolute Gasteiger partial charge is 0.246 e. The van der Waals surface area contributed by atoms with Crippen molar-refractivity contribution in [2.24, 2.45) is 5.92 Å². The molecule has 0 unspecified atom stereocenters. The lowest BCUT2D eigenvalue weighted by molar-refractivity contribution is 0.262. The first-order chi connectivity index (χ1) is 10.4. The molecule has 1 aliphatic heterocycles. The van der Waals surface area contributed by atoms with E-state index in [1.54, 1.807) is 0 Å². The van der Waals surface area contributed by atoms with E-state index in [-0.39, 0.29) is 25.5 Å². The predicted octanol–water partition coefficient (Wildman–Crippen LogP) is 2.54. The maximum absolute atomic E-state index is 13.7. The summed E-state index contributed by atoms with van der Waals surface area (Å²) in [6.07, 6.45) is 2.29. The molecule has 0 bridgehead atoms. The third kappa shape index (κ3) is 4.37. The molecule has 9 heteroatoms. The Balaban J connectivity index is 0.00000264. The Morgan fingerprint density at radius 3 is 2.35 bits per heavy atom. The highest BCUT2D eigenvalue weighted by molar-refractivity contribution is 7.89. The van der Waals surface area contributed by atoms with Crippen molar-refractivity contribution in [2.75, 3.05) is 26.7 Å². The minimum Gasteiger partial charge on any atom is -0.320 e. The maximum atomic E-state index is 13.7. The molecule has 0 atom stereocenters. The van der Waals surface area contributed by atoms with Gasteiger partial charge in [0.25, 0.3) is 0 Å². The number of nitrogens with zero attached hydrogens (tertiary/aromatic N) is 1. The van der Waals surface area contributed by atoms with Gasteiger partial charge in [0.2, 0.25) is 10.0 Å². The molecule has 0 amide bonds. The van der Waals surface area contributed by atoms with Crippen LogP contribution >= 0.6 is 12.4 Å². The monoisotopic (exact) mass is 372 g/mol. The zero-order valence-electron chi connectivity index (χ0n) is 12.7. The Morgan fingerprint density at radius 1 is 1.17 bits per heavy atom.